The van der Waals surface area contributed by atoms with E-state index in [-0.39, 0.29) is 5.54 Å². The number of nitrogens with one attached hydrogen (secondary N) is 1. The van der Waals surface area contributed by atoms with Gasteiger partial charge in [0, 0.05) is 18.1 Å². The largest absolute Gasteiger partial charge is 0.330 e. The molecule has 1 heterocycles. The zero-order valence-corrected chi connectivity index (χ0v) is 12.3. The van der Waals surface area contributed by atoms with Gasteiger partial charge in [0.05, 0.1) is 5.54 Å². The van der Waals surface area contributed by atoms with Gasteiger partial charge in [0.1, 0.15) is 5.01 Å². The molecule has 2 rings (SSSR count). The van der Waals surface area contributed by atoms with Gasteiger partial charge in [0.2, 0.25) is 0 Å². The molecule has 0 aliphatic carbocycles. The van der Waals surface area contributed by atoms with Crippen molar-refractivity contribution in [2.45, 2.75) is 32.4 Å². The SMILES string of the molecule is CC(C)(NCc1ccc(CCN)cc1)c1nccs1. The number of hydrogen-bond acceptors (Lipinski definition) is 4. The van der Waals surface area contributed by atoms with Gasteiger partial charge in [-0.25, -0.2) is 4.98 Å². The third-order valence-electron chi connectivity index (χ3n) is 3.16. The number of nitrogens with zero attached hydrogens (tertiary/aromatic N) is 1. The van der Waals surface area contributed by atoms with E-state index < -0.39 is 0 Å². The third-order valence-corrected chi connectivity index (χ3v) is 4.25. The van der Waals surface area contributed by atoms with Gasteiger partial charge in [0.25, 0.3) is 0 Å². The van der Waals surface area contributed by atoms with E-state index in [0.717, 1.165) is 18.0 Å². The summed E-state index contributed by atoms with van der Waals surface area (Å²) in [6.45, 7) is 5.87. The van der Waals surface area contributed by atoms with Crippen molar-refractivity contribution in [1.29, 1.82) is 0 Å². The average Bonchev–Trinajstić information content (AvgIpc) is 2.93. The van der Waals surface area contributed by atoms with E-state index in [1.165, 1.54) is 11.1 Å². The van der Waals surface area contributed by atoms with E-state index in [1.807, 2.05) is 11.6 Å². The molecule has 0 radical (unpaired) electrons. The zero-order valence-electron chi connectivity index (χ0n) is 11.5. The van der Waals surface area contributed by atoms with Crippen molar-refractivity contribution in [2.24, 2.45) is 5.73 Å². The molecule has 0 aliphatic rings. The summed E-state index contributed by atoms with van der Waals surface area (Å²) in [5, 5.41) is 6.68. The monoisotopic (exact) mass is 275 g/mol. The summed E-state index contributed by atoms with van der Waals surface area (Å²) in [6.07, 6.45) is 2.80. The first-order chi connectivity index (χ1) is 9.12. The Kier molecular flexibility index (Phi) is 4.69. The summed E-state index contributed by atoms with van der Waals surface area (Å²) < 4.78 is 0. The lowest BCUT2D eigenvalue weighted by Gasteiger charge is -2.24. The second-order valence-electron chi connectivity index (χ2n) is 5.17. The molecule has 0 saturated carbocycles. The summed E-state index contributed by atoms with van der Waals surface area (Å²) in [5.74, 6) is 0. The Morgan fingerprint density at radius 3 is 2.47 bits per heavy atom. The fourth-order valence-electron chi connectivity index (χ4n) is 1.92. The van der Waals surface area contributed by atoms with E-state index >= 15 is 0 Å². The van der Waals surface area contributed by atoms with Gasteiger partial charge >= 0.3 is 0 Å². The van der Waals surface area contributed by atoms with Crippen LogP contribution in [0.25, 0.3) is 0 Å². The number of rotatable bonds is 6. The molecule has 0 bridgehead atoms. The van der Waals surface area contributed by atoms with Crippen molar-refractivity contribution in [3.8, 4) is 0 Å². The first-order valence-corrected chi connectivity index (χ1v) is 7.42. The lowest BCUT2D eigenvalue weighted by molar-refractivity contribution is 0.399. The maximum atomic E-state index is 5.55. The Morgan fingerprint density at radius 1 is 1.21 bits per heavy atom. The van der Waals surface area contributed by atoms with Crippen molar-refractivity contribution >= 4 is 11.3 Å². The van der Waals surface area contributed by atoms with Crippen molar-refractivity contribution in [3.05, 3.63) is 52.0 Å². The highest BCUT2D eigenvalue weighted by Gasteiger charge is 2.22. The van der Waals surface area contributed by atoms with Gasteiger partial charge in [0.15, 0.2) is 0 Å². The van der Waals surface area contributed by atoms with Gasteiger partial charge in [-0.2, -0.15) is 0 Å². The Hall–Kier alpha value is -1.23. The molecular weight excluding hydrogens is 254 g/mol. The standard InChI is InChI=1S/C15H21N3S/c1-15(2,14-17-9-10-19-14)18-11-13-5-3-12(4-6-13)7-8-16/h3-6,9-10,18H,7-8,11,16H2,1-2H3. The predicted molar refractivity (Wildman–Crippen MR) is 81.2 cm³/mol. The normalized spacial score (nSPS) is 11.7. The van der Waals surface area contributed by atoms with Crippen LogP contribution in [0.2, 0.25) is 0 Å². The van der Waals surface area contributed by atoms with E-state index in [1.54, 1.807) is 11.3 Å². The van der Waals surface area contributed by atoms with Crippen LogP contribution in [0.1, 0.15) is 30.0 Å². The molecule has 0 fully saturated rings. The minimum atomic E-state index is -0.0932. The molecule has 0 atom stereocenters. The number of benzene rings is 1. The predicted octanol–water partition coefficient (Wildman–Crippen LogP) is 2.67. The summed E-state index contributed by atoms with van der Waals surface area (Å²) in [7, 11) is 0. The molecule has 3 N–H and O–H groups in total. The number of nitrogens with two attached hydrogens (primary N) is 1. The Morgan fingerprint density at radius 2 is 1.89 bits per heavy atom. The van der Waals surface area contributed by atoms with Crippen molar-refractivity contribution in [3.63, 3.8) is 0 Å². The first kappa shape index (κ1) is 14.2. The topological polar surface area (TPSA) is 50.9 Å². The maximum absolute atomic E-state index is 5.55. The second kappa shape index (κ2) is 6.28. The molecule has 1 aromatic heterocycles. The minimum absolute atomic E-state index is 0.0932. The van der Waals surface area contributed by atoms with Crippen molar-refractivity contribution in [1.82, 2.24) is 10.3 Å². The Labute approximate surface area is 118 Å². The van der Waals surface area contributed by atoms with E-state index in [9.17, 15) is 0 Å². The fraction of sp³-hybridized carbons (Fsp3) is 0.400. The molecule has 0 unspecified atom stereocenters. The van der Waals surface area contributed by atoms with Crippen LogP contribution in [0, 0.1) is 0 Å². The van der Waals surface area contributed by atoms with Gasteiger partial charge in [-0.05, 0) is 37.9 Å². The molecule has 2 aromatic rings. The quantitative estimate of drug-likeness (QED) is 0.852. The van der Waals surface area contributed by atoms with Crippen LogP contribution in [0.3, 0.4) is 0 Å². The molecule has 1 aromatic carbocycles. The van der Waals surface area contributed by atoms with Gasteiger partial charge < -0.3 is 11.1 Å². The molecule has 4 heteroatoms. The van der Waals surface area contributed by atoms with Crippen LogP contribution < -0.4 is 11.1 Å². The zero-order chi connectivity index (χ0) is 13.7. The van der Waals surface area contributed by atoms with Crippen molar-refractivity contribution in [2.75, 3.05) is 6.54 Å². The molecule has 3 nitrogen and oxygen atoms in total. The molecule has 0 saturated heterocycles. The summed E-state index contributed by atoms with van der Waals surface area (Å²) >= 11 is 1.69. The van der Waals surface area contributed by atoms with Gasteiger partial charge in [-0.1, -0.05) is 24.3 Å². The van der Waals surface area contributed by atoms with Crippen LogP contribution in [0.5, 0.6) is 0 Å². The van der Waals surface area contributed by atoms with E-state index in [2.05, 4.69) is 48.4 Å². The van der Waals surface area contributed by atoms with Crippen LogP contribution in [-0.4, -0.2) is 11.5 Å². The summed E-state index contributed by atoms with van der Waals surface area (Å²) in [6, 6.07) is 8.63. The summed E-state index contributed by atoms with van der Waals surface area (Å²) in [4.78, 5) is 4.38. The van der Waals surface area contributed by atoms with E-state index in [0.29, 0.717) is 6.54 Å². The maximum Gasteiger partial charge on any atom is 0.112 e. The number of thiazole rings is 1. The summed E-state index contributed by atoms with van der Waals surface area (Å²) in [5.41, 5.74) is 8.04. The molecule has 0 spiro atoms. The molecule has 19 heavy (non-hydrogen) atoms. The third kappa shape index (κ3) is 3.86. The molecule has 102 valence electrons. The Bertz CT molecular complexity index is 489. The minimum Gasteiger partial charge on any atom is -0.330 e. The van der Waals surface area contributed by atoms with Crippen molar-refractivity contribution < 1.29 is 0 Å². The fourth-order valence-corrected chi connectivity index (χ4v) is 2.66. The van der Waals surface area contributed by atoms with Crippen LogP contribution in [0.15, 0.2) is 35.8 Å². The number of hydrogen-bond donors (Lipinski definition) is 2. The first-order valence-electron chi connectivity index (χ1n) is 6.55. The highest BCUT2D eigenvalue weighted by molar-refractivity contribution is 7.09. The highest BCUT2D eigenvalue weighted by atomic mass is 32.1. The number of aromatic nitrogens is 1. The van der Waals surface area contributed by atoms with Crippen LogP contribution in [-0.2, 0) is 18.5 Å². The average molecular weight is 275 g/mol. The van der Waals surface area contributed by atoms with Gasteiger partial charge in [-0.3, -0.25) is 0 Å². The van der Waals surface area contributed by atoms with Crippen LogP contribution >= 0.6 is 11.3 Å². The highest BCUT2D eigenvalue weighted by Crippen LogP contribution is 2.22. The smallest absolute Gasteiger partial charge is 0.112 e. The van der Waals surface area contributed by atoms with Crippen LogP contribution in [0.4, 0.5) is 0 Å². The Balaban J connectivity index is 1.95. The molecular formula is C15H21N3S. The molecule has 0 aliphatic heterocycles. The lowest BCUT2D eigenvalue weighted by Crippen LogP contribution is -2.35. The molecule has 0 amide bonds. The van der Waals surface area contributed by atoms with Gasteiger partial charge in [-0.15, -0.1) is 11.3 Å². The second-order valence-corrected chi connectivity index (χ2v) is 6.07. The lowest BCUT2D eigenvalue weighted by atomic mass is 10.1. The van der Waals surface area contributed by atoms with E-state index in [4.69, 9.17) is 5.73 Å².